The number of nitrogens with two attached hydrogens (primary N) is 1. The van der Waals surface area contributed by atoms with Gasteiger partial charge >= 0.3 is 0 Å². The zero-order valence-corrected chi connectivity index (χ0v) is 4.07. The first-order valence-electron chi connectivity index (χ1n) is 2.02. The van der Waals surface area contributed by atoms with Gasteiger partial charge < -0.3 is 5.84 Å². The van der Waals surface area contributed by atoms with Crippen LogP contribution in [0.5, 0.6) is 0 Å². The number of nitrogen functional groups attached to an aromatic ring is 1. The molecule has 0 saturated carbocycles. The lowest BCUT2D eigenvalue weighted by Crippen LogP contribution is -2.02. The van der Waals surface area contributed by atoms with Crippen LogP contribution in [-0.2, 0) is 0 Å². The second-order valence-corrected chi connectivity index (χ2v) is 1.32. The average Bonchev–Trinajstić information content (AvgIpc) is 2.14. The molecule has 4 nitrogen and oxygen atoms in total. The molecular weight excluding hydrogens is 104 g/mol. The van der Waals surface area contributed by atoms with Gasteiger partial charge in [0.15, 0.2) is 5.69 Å². The van der Waals surface area contributed by atoms with Crippen LogP contribution in [0, 0.1) is 11.3 Å². The van der Waals surface area contributed by atoms with Crippen molar-refractivity contribution < 1.29 is 0 Å². The summed E-state index contributed by atoms with van der Waals surface area (Å²) in [5, 5.41) is 8.17. The molecule has 0 aliphatic rings. The quantitative estimate of drug-likeness (QED) is 0.454. The molecule has 0 radical (unpaired) electrons. The molecule has 0 unspecified atom stereocenters. The summed E-state index contributed by atoms with van der Waals surface area (Å²) in [5.74, 6) is 5.16. The van der Waals surface area contributed by atoms with E-state index in [2.05, 4.69) is 4.98 Å². The minimum absolute atomic E-state index is 0.340. The topological polar surface area (TPSA) is 67.6 Å². The molecule has 0 bridgehead atoms. The predicted molar refractivity (Wildman–Crippen MR) is 27.1 cm³/mol. The summed E-state index contributed by atoms with van der Waals surface area (Å²) >= 11 is 0. The van der Waals surface area contributed by atoms with E-state index >= 15 is 0 Å². The van der Waals surface area contributed by atoms with Crippen LogP contribution < -0.4 is 5.84 Å². The van der Waals surface area contributed by atoms with Gasteiger partial charge in [0, 0.05) is 0 Å². The van der Waals surface area contributed by atoms with Crippen molar-refractivity contribution in [1.29, 1.82) is 5.26 Å². The van der Waals surface area contributed by atoms with Gasteiger partial charge in [-0.3, -0.25) is 4.68 Å². The van der Waals surface area contributed by atoms with E-state index in [9.17, 15) is 0 Å². The fourth-order valence-electron chi connectivity index (χ4n) is 0.394. The van der Waals surface area contributed by atoms with Crippen molar-refractivity contribution in [1.82, 2.24) is 9.66 Å². The molecule has 0 saturated heterocycles. The summed E-state index contributed by atoms with van der Waals surface area (Å²) in [6.45, 7) is 0. The Morgan fingerprint density at radius 1 is 1.88 bits per heavy atom. The average molecular weight is 108 g/mol. The Bertz CT molecular complexity index is 218. The van der Waals surface area contributed by atoms with Gasteiger partial charge in [-0.25, -0.2) is 4.98 Å². The third-order valence-corrected chi connectivity index (χ3v) is 0.716. The van der Waals surface area contributed by atoms with Crippen molar-refractivity contribution in [2.75, 3.05) is 5.84 Å². The fourth-order valence-corrected chi connectivity index (χ4v) is 0.394. The summed E-state index contributed by atoms with van der Waals surface area (Å²) < 4.78 is 1.23. The van der Waals surface area contributed by atoms with Crippen LogP contribution in [0.2, 0.25) is 0 Å². The Kier molecular flexibility index (Phi) is 0.897. The fraction of sp³-hybridized carbons (Fsp3) is 0. The molecule has 1 aromatic rings. The molecule has 0 amide bonds. The number of hydrogen-bond donors (Lipinski definition) is 1. The minimum Gasteiger partial charge on any atom is -0.338 e. The first kappa shape index (κ1) is 4.65. The maximum Gasteiger partial charge on any atom is 0.160 e. The van der Waals surface area contributed by atoms with Crippen molar-refractivity contribution in [2.24, 2.45) is 0 Å². The largest absolute Gasteiger partial charge is 0.338 e. The molecule has 1 aromatic heterocycles. The van der Waals surface area contributed by atoms with Gasteiger partial charge in [-0.1, -0.05) is 0 Å². The van der Waals surface area contributed by atoms with Gasteiger partial charge in [0.25, 0.3) is 0 Å². The molecule has 1 heterocycles. The van der Waals surface area contributed by atoms with Crippen LogP contribution in [0.1, 0.15) is 5.69 Å². The Labute approximate surface area is 46.1 Å². The number of rotatable bonds is 0. The van der Waals surface area contributed by atoms with Crippen molar-refractivity contribution in [3.8, 4) is 6.07 Å². The molecule has 0 aromatic carbocycles. The SMILES string of the molecule is N#Cc1cn(N)cn1. The van der Waals surface area contributed by atoms with Crippen LogP contribution in [-0.4, -0.2) is 9.66 Å². The van der Waals surface area contributed by atoms with Crippen molar-refractivity contribution in [3.63, 3.8) is 0 Å². The zero-order valence-electron chi connectivity index (χ0n) is 4.07. The van der Waals surface area contributed by atoms with E-state index in [4.69, 9.17) is 11.1 Å². The summed E-state index contributed by atoms with van der Waals surface area (Å²) in [6, 6.07) is 1.84. The smallest absolute Gasteiger partial charge is 0.160 e. The van der Waals surface area contributed by atoms with E-state index in [0.29, 0.717) is 5.69 Å². The number of imidazole rings is 1. The maximum atomic E-state index is 8.17. The normalized spacial score (nSPS) is 8.38. The maximum absolute atomic E-state index is 8.17. The number of hydrogen-bond acceptors (Lipinski definition) is 3. The molecule has 0 aliphatic carbocycles. The monoisotopic (exact) mass is 108 g/mol. The van der Waals surface area contributed by atoms with E-state index in [-0.39, 0.29) is 0 Å². The van der Waals surface area contributed by atoms with Crippen molar-refractivity contribution >= 4 is 0 Å². The van der Waals surface area contributed by atoms with Gasteiger partial charge in [-0.05, 0) is 0 Å². The van der Waals surface area contributed by atoms with Crippen LogP contribution in [0.3, 0.4) is 0 Å². The molecule has 0 aliphatic heterocycles. The predicted octanol–water partition coefficient (Wildman–Crippen LogP) is -0.531. The Morgan fingerprint density at radius 2 is 2.62 bits per heavy atom. The van der Waals surface area contributed by atoms with E-state index in [1.165, 1.54) is 17.2 Å². The summed E-state index contributed by atoms with van der Waals surface area (Å²) in [4.78, 5) is 3.61. The highest BCUT2D eigenvalue weighted by Crippen LogP contribution is 1.85. The minimum atomic E-state index is 0.340. The second kappa shape index (κ2) is 1.54. The molecule has 1 rings (SSSR count). The Morgan fingerprint density at radius 3 is 2.88 bits per heavy atom. The van der Waals surface area contributed by atoms with Crippen LogP contribution in [0.15, 0.2) is 12.5 Å². The summed E-state index contributed by atoms with van der Waals surface area (Å²) in [6.07, 6.45) is 2.82. The van der Waals surface area contributed by atoms with Crippen LogP contribution in [0.25, 0.3) is 0 Å². The molecular formula is C4H4N4. The van der Waals surface area contributed by atoms with Crippen molar-refractivity contribution in [3.05, 3.63) is 18.2 Å². The third-order valence-electron chi connectivity index (χ3n) is 0.716. The highest BCUT2D eigenvalue weighted by Gasteiger charge is 1.89. The molecule has 8 heavy (non-hydrogen) atoms. The highest BCUT2D eigenvalue weighted by molar-refractivity contribution is 5.15. The highest BCUT2D eigenvalue weighted by atomic mass is 15.3. The standard InChI is InChI=1S/C4H4N4/c5-1-4-2-8(6)3-7-4/h2-3H,6H2. The van der Waals surface area contributed by atoms with Gasteiger partial charge in [0.1, 0.15) is 12.4 Å². The van der Waals surface area contributed by atoms with Crippen LogP contribution in [0.4, 0.5) is 0 Å². The van der Waals surface area contributed by atoms with E-state index in [1.807, 2.05) is 6.07 Å². The lowest BCUT2D eigenvalue weighted by atomic mass is 10.6. The molecule has 2 N–H and O–H groups in total. The van der Waals surface area contributed by atoms with E-state index in [0.717, 1.165) is 0 Å². The number of aromatic nitrogens is 2. The summed E-state index contributed by atoms with van der Waals surface area (Å²) in [5.41, 5.74) is 0.340. The van der Waals surface area contributed by atoms with Gasteiger partial charge in [-0.15, -0.1) is 0 Å². The lowest BCUT2D eigenvalue weighted by molar-refractivity contribution is 1.000. The second-order valence-electron chi connectivity index (χ2n) is 1.32. The summed E-state index contributed by atoms with van der Waals surface area (Å²) in [7, 11) is 0. The number of nitrogens with zero attached hydrogens (tertiary/aromatic N) is 3. The number of nitriles is 1. The van der Waals surface area contributed by atoms with Gasteiger partial charge in [0.2, 0.25) is 0 Å². The zero-order chi connectivity index (χ0) is 5.98. The first-order chi connectivity index (χ1) is 3.83. The van der Waals surface area contributed by atoms with Crippen molar-refractivity contribution in [2.45, 2.75) is 0 Å². The van der Waals surface area contributed by atoms with Gasteiger partial charge in [0.05, 0.1) is 6.20 Å². The third kappa shape index (κ3) is 0.611. The Balaban J connectivity index is 3.05. The Hall–Kier alpha value is -1.50. The first-order valence-corrected chi connectivity index (χ1v) is 2.02. The van der Waals surface area contributed by atoms with E-state index in [1.54, 1.807) is 0 Å². The molecule has 40 valence electrons. The van der Waals surface area contributed by atoms with E-state index < -0.39 is 0 Å². The van der Waals surface area contributed by atoms with Crippen LogP contribution >= 0.6 is 0 Å². The molecule has 0 atom stereocenters. The van der Waals surface area contributed by atoms with Gasteiger partial charge in [-0.2, -0.15) is 5.26 Å². The molecule has 0 fully saturated rings. The lowest BCUT2D eigenvalue weighted by Gasteiger charge is -1.79. The molecule has 0 spiro atoms. The molecule has 4 heteroatoms.